The molecule has 0 radical (unpaired) electrons. The Morgan fingerprint density at radius 1 is 1.19 bits per heavy atom. The largest absolute Gasteiger partial charge is 0.377 e. The first-order chi connectivity index (χ1) is 12.7. The highest BCUT2D eigenvalue weighted by molar-refractivity contribution is 5.84. The third kappa shape index (κ3) is 3.51. The zero-order chi connectivity index (χ0) is 18.0. The molecule has 0 N–H and O–H groups in total. The molecule has 0 unspecified atom stereocenters. The van der Waals surface area contributed by atoms with Gasteiger partial charge in [0.2, 0.25) is 11.8 Å². The van der Waals surface area contributed by atoms with Crippen molar-refractivity contribution >= 4 is 5.91 Å². The summed E-state index contributed by atoms with van der Waals surface area (Å²) in [6.45, 7) is 3.68. The summed E-state index contributed by atoms with van der Waals surface area (Å²) in [4.78, 5) is 22.3. The van der Waals surface area contributed by atoms with Gasteiger partial charge in [-0.1, -0.05) is 24.4 Å². The summed E-state index contributed by atoms with van der Waals surface area (Å²) in [7, 11) is 1.62. The summed E-state index contributed by atoms with van der Waals surface area (Å²) in [5.41, 5.74) is -0.189. The standard InChI is InChI=1S/C19H30N4O3/c1-25-13-16-20-17(26-21-16)12-22-11-9-19(14-22)8-5-10-23(18(19)24)15-6-3-2-4-7-15/h15H,2-14H2,1H3/t19-/m0/s1. The summed E-state index contributed by atoms with van der Waals surface area (Å²) in [5, 5.41) is 3.93. The van der Waals surface area contributed by atoms with Crippen molar-refractivity contribution in [3.63, 3.8) is 0 Å². The van der Waals surface area contributed by atoms with Gasteiger partial charge >= 0.3 is 0 Å². The van der Waals surface area contributed by atoms with Crippen LogP contribution < -0.4 is 0 Å². The molecule has 1 aromatic rings. The van der Waals surface area contributed by atoms with E-state index in [0.29, 0.717) is 36.8 Å². The van der Waals surface area contributed by atoms with E-state index < -0.39 is 0 Å². The van der Waals surface area contributed by atoms with E-state index in [1.54, 1.807) is 7.11 Å². The number of hydrogen-bond donors (Lipinski definition) is 0. The third-order valence-corrected chi connectivity index (χ3v) is 6.36. The lowest BCUT2D eigenvalue weighted by atomic mass is 9.77. The van der Waals surface area contributed by atoms with Crippen LogP contribution in [0.4, 0.5) is 0 Å². The first-order valence-electron chi connectivity index (χ1n) is 10.0. The number of piperidine rings is 1. The van der Waals surface area contributed by atoms with E-state index in [4.69, 9.17) is 9.26 Å². The molecule has 7 heteroatoms. The average Bonchev–Trinajstić information content (AvgIpc) is 3.27. The lowest BCUT2D eigenvalue weighted by Crippen LogP contribution is -2.54. The minimum atomic E-state index is -0.189. The second-order valence-electron chi connectivity index (χ2n) is 8.17. The van der Waals surface area contributed by atoms with Gasteiger partial charge in [-0.25, -0.2) is 0 Å². The molecule has 2 aliphatic heterocycles. The molecule has 7 nitrogen and oxygen atoms in total. The van der Waals surface area contributed by atoms with Crippen molar-refractivity contribution in [2.24, 2.45) is 5.41 Å². The SMILES string of the molecule is COCc1noc(CN2CC[C@@]3(CCCN(C4CCCCC4)C3=O)C2)n1. The predicted molar refractivity (Wildman–Crippen MR) is 95.2 cm³/mol. The van der Waals surface area contributed by atoms with Crippen molar-refractivity contribution in [3.8, 4) is 0 Å². The van der Waals surface area contributed by atoms with Gasteiger partial charge in [-0.15, -0.1) is 0 Å². The number of nitrogens with zero attached hydrogens (tertiary/aromatic N) is 4. The number of aromatic nitrogens is 2. The van der Waals surface area contributed by atoms with E-state index in [1.807, 2.05) is 0 Å². The summed E-state index contributed by atoms with van der Waals surface area (Å²) in [6, 6.07) is 0.481. The Kier molecular flexibility index (Phi) is 5.27. The summed E-state index contributed by atoms with van der Waals surface area (Å²) >= 11 is 0. The third-order valence-electron chi connectivity index (χ3n) is 6.36. The zero-order valence-corrected chi connectivity index (χ0v) is 15.8. The highest BCUT2D eigenvalue weighted by Gasteiger charge is 2.49. The van der Waals surface area contributed by atoms with Gasteiger partial charge in [0.15, 0.2) is 5.82 Å². The normalized spacial score (nSPS) is 28.3. The number of amides is 1. The fourth-order valence-corrected chi connectivity index (χ4v) is 5.05. The molecule has 1 atom stereocenters. The Morgan fingerprint density at radius 3 is 2.85 bits per heavy atom. The molecule has 3 heterocycles. The lowest BCUT2D eigenvalue weighted by Gasteiger charge is -2.44. The van der Waals surface area contributed by atoms with Crippen LogP contribution in [0.25, 0.3) is 0 Å². The summed E-state index contributed by atoms with van der Waals surface area (Å²) < 4.78 is 10.4. The van der Waals surface area contributed by atoms with Crippen LogP contribution in [0.2, 0.25) is 0 Å². The van der Waals surface area contributed by atoms with E-state index in [0.717, 1.165) is 38.9 Å². The number of rotatable bonds is 5. The van der Waals surface area contributed by atoms with E-state index in [9.17, 15) is 4.79 Å². The minimum Gasteiger partial charge on any atom is -0.377 e. The van der Waals surface area contributed by atoms with Gasteiger partial charge in [0.25, 0.3) is 0 Å². The fourth-order valence-electron chi connectivity index (χ4n) is 5.05. The topological polar surface area (TPSA) is 71.7 Å². The van der Waals surface area contributed by atoms with Crippen LogP contribution in [0.3, 0.4) is 0 Å². The van der Waals surface area contributed by atoms with E-state index in [1.165, 1.54) is 32.1 Å². The molecule has 3 aliphatic rings. The van der Waals surface area contributed by atoms with Gasteiger partial charge in [0.05, 0.1) is 12.0 Å². The van der Waals surface area contributed by atoms with E-state index in [-0.39, 0.29) is 5.41 Å². The Balaban J connectivity index is 1.39. The first-order valence-corrected chi connectivity index (χ1v) is 10.0. The van der Waals surface area contributed by atoms with Crippen LogP contribution in [0.15, 0.2) is 4.52 Å². The Labute approximate surface area is 155 Å². The van der Waals surface area contributed by atoms with Gasteiger partial charge in [0, 0.05) is 26.2 Å². The van der Waals surface area contributed by atoms with Crippen molar-refractivity contribution in [3.05, 3.63) is 11.7 Å². The molecule has 0 bridgehead atoms. The van der Waals surface area contributed by atoms with Crippen LogP contribution in [0.1, 0.15) is 63.1 Å². The molecule has 1 saturated carbocycles. The van der Waals surface area contributed by atoms with Crippen molar-refractivity contribution in [1.82, 2.24) is 19.9 Å². The first kappa shape index (κ1) is 17.9. The number of likely N-dealkylation sites (tertiary alicyclic amines) is 2. The van der Waals surface area contributed by atoms with Crippen molar-refractivity contribution in [2.75, 3.05) is 26.7 Å². The minimum absolute atomic E-state index is 0.189. The molecule has 1 spiro atoms. The summed E-state index contributed by atoms with van der Waals surface area (Å²) in [6.07, 6.45) is 9.36. The monoisotopic (exact) mass is 362 g/mol. The molecule has 26 heavy (non-hydrogen) atoms. The molecule has 1 aromatic heterocycles. The highest BCUT2D eigenvalue weighted by atomic mass is 16.5. The fraction of sp³-hybridized carbons (Fsp3) is 0.842. The van der Waals surface area contributed by atoms with Crippen LogP contribution in [-0.4, -0.2) is 58.6 Å². The summed E-state index contributed by atoms with van der Waals surface area (Å²) in [5.74, 6) is 1.60. The predicted octanol–water partition coefficient (Wildman–Crippen LogP) is 2.36. The molecular formula is C19H30N4O3. The molecular weight excluding hydrogens is 332 g/mol. The number of carbonyl (C=O) groups is 1. The Morgan fingerprint density at radius 2 is 2.04 bits per heavy atom. The molecule has 2 saturated heterocycles. The van der Waals surface area contributed by atoms with Crippen molar-refractivity contribution in [1.29, 1.82) is 0 Å². The highest BCUT2D eigenvalue weighted by Crippen LogP contribution is 2.42. The number of methoxy groups -OCH3 is 1. The maximum atomic E-state index is 13.4. The molecule has 3 fully saturated rings. The smallest absolute Gasteiger partial charge is 0.240 e. The average molecular weight is 362 g/mol. The lowest BCUT2D eigenvalue weighted by molar-refractivity contribution is -0.149. The maximum Gasteiger partial charge on any atom is 0.240 e. The van der Waals surface area contributed by atoms with E-state index >= 15 is 0 Å². The maximum absolute atomic E-state index is 13.4. The van der Waals surface area contributed by atoms with Gasteiger partial charge in [-0.05, 0) is 38.6 Å². The quantitative estimate of drug-likeness (QED) is 0.801. The number of hydrogen-bond acceptors (Lipinski definition) is 6. The number of carbonyl (C=O) groups excluding carboxylic acids is 1. The second kappa shape index (κ2) is 7.64. The van der Waals surface area contributed by atoms with Crippen LogP contribution in [0, 0.1) is 5.41 Å². The molecule has 0 aromatic carbocycles. The van der Waals surface area contributed by atoms with Crippen LogP contribution in [-0.2, 0) is 22.7 Å². The van der Waals surface area contributed by atoms with Crippen molar-refractivity contribution in [2.45, 2.75) is 70.6 Å². The molecule has 144 valence electrons. The van der Waals surface area contributed by atoms with Gasteiger partial charge < -0.3 is 14.2 Å². The van der Waals surface area contributed by atoms with Gasteiger partial charge in [0.1, 0.15) is 6.61 Å². The van der Waals surface area contributed by atoms with Crippen LogP contribution >= 0.6 is 0 Å². The van der Waals surface area contributed by atoms with Crippen LogP contribution in [0.5, 0.6) is 0 Å². The van der Waals surface area contributed by atoms with Gasteiger partial charge in [-0.3, -0.25) is 9.69 Å². The zero-order valence-electron chi connectivity index (χ0n) is 15.8. The van der Waals surface area contributed by atoms with Gasteiger partial charge in [-0.2, -0.15) is 4.98 Å². The molecule has 1 amide bonds. The second-order valence-corrected chi connectivity index (χ2v) is 8.17. The van der Waals surface area contributed by atoms with Crippen molar-refractivity contribution < 1.29 is 14.1 Å². The molecule has 1 aliphatic carbocycles. The van der Waals surface area contributed by atoms with E-state index in [2.05, 4.69) is 19.9 Å². The number of ether oxygens (including phenoxy) is 1. The molecule has 4 rings (SSSR count). The Hall–Kier alpha value is -1.47. The Bertz CT molecular complexity index is 628.